The first-order valence-electron chi connectivity index (χ1n) is 10.4. The highest BCUT2D eigenvalue weighted by Crippen LogP contribution is 2.29. The number of aromatic carboxylic acids is 2. The van der Waals surface area contributed by atoms with Crippen LogP contribution in [0.2, 0.25) is 0 Å². The van der Waals surface area contributed by atoms with E-state index in [1.165, 1.54) is 0 Å². The predicted molar refractivity (Wildman–Crippen MR) is 135 cm³/mol. The molecule has 2 aromatic heterocycles. The van der Waals surface area contributed by atoms with Gasteiger partial charge in [-0.2, -0.15) is 0 Å². The Labute approximate surface area is 245 Å². The van der Waals surface area contributed by atoms with Gasteiger partial charge in [-0.3, -0.25) is 9.97 Å². The molecule has 0 unspecified atom stereocenters. The van der Waals surface area contributed by atoms with Crippen molar-refractivity contribution < 1.29 is 54.9 Å². The molecular formula is C24H10Br2F8N4O4. The lowest BCUT2D eigenvalue weighted by molar-refractivity contribution is 0.0672. The maximum absolute atomic E-state index is 12.8. The number of azo groups is 1. The predicted octanol–water partition coefficient (Wildman–Crippen LogP) is 8.30. The van der Waals surface area contributed by atoms with Crippen molar-refractivity contribution in [2.24, 2.45) is 10.2 Å². The normalized spacial score (nSPS) is 10.4. The van der Waals surface area contributed by atoms with E-state index in [4.69, 9.17) is 10.2 Å². The zero-order valence-electron chi connectivity index (χ0n) is 19.9. The molecular weight excluding hydrogens is 720 g/mol. The summed E-state index contributed by atoms with van der Waals surface area (Å²) in [4.78, 5) is 28.3. The standard InChI is InChI=1S/C10H8N4.2C7HBrF4O2/c1-3-9(7-11-5-1)13-14-10-4-2-6-12-8-10;2*8-2-5(11)3(9)1(7(13)14)4(10)6(2)12/h1-8H;2*(H,13,14). The van der Waals surface area contributed by atoms with Crippen LogP contribution in [0.15, 0.2) is 68.2 Å². The summed E-state index contributed by atoms with van der Waals surface area (Å²) in [6.07, 6.45) is 6.70. The summed E-state index contributed by atoms with van der Waals surface area (Å²) in [5.74, 6) is -19.0. The van der Waals surface area contributed by atoms with Gasteiger partial charge in [-0.25, -0.2) is 44.7 Å². The third-order valence-corrected chi connectivity index (χ3v) is 5.81. The molecule has 220 valence electrons. The number of halogens is 10. The Kier molecular flexibility index (Phi) is 12.2. The molecule has 2 N–H and O–H groups in total. The molecule has 0 aliphatic rings. The number of carboxylic acid groups (broad SMARTS) is 2. The number of hydrogen-bond acceptors (Lipinski definition) is 6. The molecule has 0 atom stereocenters. The molecule has 0 aliphatic heterocycles. The summed E-state index contributed by atoms with van der Waals surface area (Å²) in [5.41, 5.74) is -1.83. The molecule has 0 bridgehead atoms. The maximum atomic E-state index is 12.8. The van der Waals surface area contributed by atoms with E-state index in [0.29, 0.717) is 0 Å². The molecule has 8 nitrogen and oxygen atoms in total. The van der Waals surface area contributed by atoms with E-state index in [0.717, 1.165) is 11.4 Å². The number of aromatic nitrogens is 2. The largest absolute Gasteiger partial charge is 0.477 e. The molecule has 0 radical (unpaired) electrons. The Hall–Kier alpha value is -4.32. The van der Waals surface area contributed by atoms with Crippen LogP contribution in [0.1, 0.15) is 20.7 Å². The lowest BCUT2D eigenvalue weighted by Crippen LogP contribution is -2.10. The van der Waals surface area contributed by atoms with Crippen molar-refractivity contribution in [1.82, 2.24) is 9.97 Å². The van der Waals surface area contributed by atoms with Crippen LogP contribution in [-0.4, -0.2) is 32.1 Å². The number of carboxylic acids is 2. The molecule has 18 heteroatoms. The van der Waals surface area contributed by atoms with E-state index >= 15 is 0 Å². The first kappa shape index (κ1) is 33.9. The van der Waals surface area contributed by atoms with E-state index < -0.39 is 78.5 Å². The topological polar surface area (TPSA) is 125 Å². The average Bonchev–Trinajstić information content (AvgIpc) is 2.97. The van der Waals surface area contributed by atoms with Gasteiger partial charge in [0.15, 0.2) is 46.5 Å². The highest BCUT2D eigenvalue weighted by Gasteiger charge is 2.29. The summed E-state index contributed by atoms with van der Waals surface area (Å²) in [5, 5.41) is 24.5. The molecule has 2 heterocycles. The monoisotopic (exact) mass is 728 g/mol. The van der Waals surface area contributed by atoms with Crippen LogP contribution in [0, 0.1) is 46.5 Å². The van der Waals surface area contributed by atoms with Gasteiger partial charge in [0.1, 0.15) is 22.5 Å². The number of hydrogen-bond donors (Lipinski definition) is 2. The molecule has 0 saturated carbocycles. The second-order valence-electron chi connectivity index (χ2n) is 7.12. The van der Waals surface area contributed by atoms with Gasteiger partial charge in [-0.15, -0.1) is 10.2 Å². The summed E-state index contributed by atoms with van der Waals surface area (Å²) in [7, 11) is 0. The van der Waals surface area contributed by atoms with Crippen LogP contribution in [0.4, 0.5) is 46.5 Å². The summed E-state index contributed by atoms with van der Waals surface area (Å²) >= 11 is 4.48. The first-order valence-corrected chi connectivity index (χ1v) is 12.0. The van der Waals surface area contributed by atoms with Crippen LogP contribution in [0.25, 0.3) is 0 Å². The Balaban J connectivity index is 0.000000220. The number of nitrogens with zero attached hydrogens (tertiary/aromatic N) is 4. The second-order valence-corrected chi connectivity index (χ2v) is 8.71. The number of benzene rings is 2. The summed E-state index contributed by atoms with van der Waals surface area (Å²) in [6, 6.07) is 7.31. The first-order chi connectivity index (χ1) is 19.7. The minimum atomic E-state index is -2.08. The van der Waals surface area contributed by atoms with Crippen LogP contribution in [0.3, 0.4) is 0 Å². The van der Waals surface area contributed by atoms with E-state index in [1.807, 2.05) is 24.3 Å². The fourth-order valence-electron chi connectivity index (χ4n) is 2.53. The van der Waals surface area contributed by atoms with Crippen molar-refractivity contribution >= 4 is 55.2 Å². The fourth-order valence-corrected chi connectivity index (χ4v) is 3.22. The van der Waals surface area contributed by atoms with Crippen LogP contribution in [0.5, 0.6) is 0 Å². The van der Waals surface area contributed by atoms with Crippen LogP contribution < -0.4 is 0 Å². The van der Waals surface area contributed by atoms with Gasteiger partial charge in [0, 0.05) is 12.4 Å². The maximum Gasteiger partial charge on any atom is 0.341 e. The van der Waals surface area contributed by atoms with Crippen LogP contribution >= 0.6 is 31.9 Å². The van der Waals surface area contributed by atoms with Crippen molar-refractivity contribution in [2.45, 2.75) is 0 Å². The fraction of sp³-hybridized carbons (Fsp3) is 0. The zero-order chi connectivity index (χ0) is 31.7. The molecule has 0 spiro atoms. The minimum absolute atomic E-state index is 0.733. The van der Waals surface area contributed by atoms with E-state index in [-0.39, 0.29) is 0 Å². The molecule has 0 saturated heterocycles. The zero-order valence-corrected chi connectivity index (χ0v) is 23.1. The van der Waals surface area contributed by atoms with E-state index in [1.54, 1.807) is 24.8 Å². The van der Waals surface area contributed by atoms with Crippen molar-refractivity contribution in [3.05, 3.63) is 116 Å². The van der Waals surface area contributed by atoms with Gasteiger partial charge in [0.2, 0.25) is 0 Å². The molecule has 42 heavy (non-hydrogen) atoms. The smallest absolute Gasteiger partial charge is 0.341 e. The SMILES string of the molecule is O=C(O)c1c(F)c(F)c(Br)c(F)c1F.O=C(O)c1c(F)c(F)c(Br)c(F)c1F.c1cncc(N=Nc2cccnc2)c1. The van der Waals surface area contributed by atoms with Gasteiger partial charge in [-0.05, 0) is 56.1 Å². The van der Waals surface area contributed by atoms with Crippen LogP contribution in [-0.2, 0) is 0 Å². The molecule has 4 rings (SSSR count). The summed E-state index contributed by atoms with van der Waals surface area (Å²) in [6.45, 7) is 0. The quantitative estimate of drug-likeness (QED) is 0.0943. The van der Waals surface area contributed by atoms with Gasteiger partial charge in [0.25, 0.3) is 0 Å². The van der Waals surface area contributed by atoms with Gasteiger partial charge in [0.05, 0.1) is 21.3 Å². The number of rotatable bonds is 4. The van der Waals surface area contributed by atoms with Crippen molar-refractivity contribution in [3.63, 3.8) is 0 Å². The van der Waals surface area contributed by atoms with Crippen molar-refractivity contribution in [1.29, 1.82) is 0 Å². The van der Waals surface area contributed by atoms with Gasteiger partial charge in [-0.1, -0.05) is 0 Å². The molecule has 2 aromatic carbocycles. The molecule has 0 fully saturated rings. The Bertz CT molecular complexity index is 1470. The lowest BCUT2D eigenvalue weighted by atomic mass is 10.2. The Morgan fingerprint density at radius 2 is 0.857 bits per heavy atom. The van der Waals surface area contributed by atoms with Crippen molar-refractivity contribution in [3.8, 4) is 0 Å². The van der Waals surface area contributed by atoms with Gasteiger partial charge >= 0.3 is 11.9 Å². The lowest BCUT2D eigenvalue weighted by Gasteiger charge is -2.04. The van der Waals surface area contributed by atoms with Crippen molar-refractivity contribution in [2.75, 3.05) is 0 Å². The van der Waals surface area contributed by atoms with E-state index in [9.17, 15) is 44.7 Å². The summed E-state index contributed by atoms with van der Waals surface area (Å²) < 4.78 is 99.7. The third-order valence-electron chi connectivity index (χ3n) is 4.42. The third kappa shape index (κ3) is 8.12. The number of pyridine rings is 2. The average molecular weight is 730 g/mol. The molecule has 0 aliphatic carbocycles. The molecule has 4 aromatic rings. The Morgan fingerprint density at radius 3 is 1.07 bits per heavy atom. The highest BCUT2D eigenvalue weighted by atomic mass is 79.9. The molecule has 0 amide bonds. The Morgan fingerprint density at radius 1 is 0.571 bits per heavy atom. The van der Waals surface area contributed by atoms with Gasteiger partial charge < -0.3 is 10.2 Å². The highest BCUT2D eigenvalue weighted by molar-refractivity contribution is 9.10. The van der Waals surface area contributed by atoms with E-state index in [2.05, 4.69) is 52.1 Å². The number of carbonyl (C=O) groups is 2. The minimum Gasteiger partial charge on any atom is -0.477 e. The second kappa shape index (κ2) is 15.1.